The molecule has 0 aromatic heterocycles. The predicted molar refractivity (Wildman–Crippen MR) is 105 cm³/mol. The van der Waals surface area contributed by atoms with Crippen molar-refractivity contribution in [2.24, 2.45) is 0 Å². The molecular formula is C22H31NO4. The van der Waals surface area contributed by atoms with Crippen molar-refractivity contribution in [2.45, 2.75) is 69.9 Å². The van der Waals surface area contributed by atoms with Crippen LogP contribution in [0.3, 0.4) is 0 Å². The summed E-state index contributed by atoms with van der Waals surface area (Å²) >= 11 is 0. The van der Waals surface area contributed by atoms with E-state index in [1.165, 1.54) is 0 Å². The molecule has 27 heavy (non-hydrogen) atoms. The Morgan fingerprint density at radius 3 is 2.67 bits per heavy atom. The molecule has 1 saturated heterocycles. The second-order valence-electron chi connectivity index (χ2n) is 7.25. The van der Waals surface area contributed by atoms with Gasteiger partial charge in [-0.15, -0.1) is 0 Å². The Bertz CT molecular complexity index is 614. The molecule has 2 rings (SSSR count). The van der Waals surface area contributed by atoms with Crippen LogP contribution in [-0.4, -0.2) is 45.7 Å². The van der Waals surface area contributed by atoms with Crippen LogP contribution in [0.25, 0.3) is 0 Å². The number of likely N-dealkylation sites (tertiary alicyclic amines) is 1. The SMILES string of the molecule is O=C(O)CCCCCCN1C(=O)CCC[C@@H]1/C=C/[C@H](O)Cc1ccccc1. The summed E-state index contributed by atoms with van der Waals surface area (Å²) in [6.45, 7) is 0.704. The van der Waals surface area contributed by atoms with Gasteiger partial charge in [0.05, 0.1) is 12.1 Å². The Labute approximate surface area is 161 Å². The van der Waals surface area contributed by atoms with E-state index < -0.39 is 12.1 Å². The number of hydrogen-bond acceptors (Lipinski definition) is 3. The fraction of sp³-hybridized carbons (Fsp3) is 0.545. The van der Waals surface area contributed by atoms with E-state index in [9.17, 15) is 14.7 Å². The van der Waals surface area contributed by atoms with Gasteiger partial charge in [-0.05, 0) is 31.2 Å². The minimum absolute atomic E-state index is 0.0516. The first-order valence-corrected chi connectivity index (χ1v) is 9.98. The molecule has 1 aromatic carbocycles. The zero-order valence-electron chi connectivity index (χ0n) is 15.9. The smallest absolute Gasteiger partial charge is 0.303 e. The van der Waals surface area contributed by atoms with Crippen LogP contribution >= 0.6 is 0 Å². The number of carbonyl (C=O) groups is 2. The lowest BCUT2D eigenvalue weighted by atomic mass is 9.99. The standard InChI is InChI=1S/C22H31NO4/c24-20(17-18-9-4-3-5-10-18)15-14-19-11-8-12-21(25)23(19)16-7-2-1-6-13-22(26)27/h3-5,9-10,14-15,19-20,24H,1-2,6-8,11-13,16-17H2,(H,26,27)/b15-14+/t19-,20+/m1/s1. The number of amides is 1. The zero-order chi connectivity index (χ0) is 19.5. The molecule has 1 fully saturated rings. The third kappa shape index (κ3) is 7.95. The zero-order valence-corrected chi connectivity index (χ0v) is 15.9. The second-order valence-corrected chi connectivity index (χ2v) is 7.25. The van der Waals surface area contributed by atoms with Gasteiger partial charge in [-0.25, -0.2) is 0 Å². The summed E-state index contributed by atoms with van der Waals surface area (Å²) in [6.07, 6.45) is 9.84. The number of aliphatic hydroxyl groups is 1. The number of hydrogen-bond donors (Lipinski definition) is 2. The van der Waals surface area contributed by atoms with Crippen molar-refractivity contribution >= 4 is 11.9 Å². The molecule has 148 valence electrons. The van der Waals surface area contributed by atoms with E-state index in [1.807, 2.05) is 47.4 Å². The van der Waals surface area contributed by atoms with E-state index in [4.69, 9.17) is 5.11 Å². The van der Waals surface area contributed by atoms with Crippen LogP contribution in [0, 0.1) is 0 Å². The van der Waals surface area contributed by atoms with Crippen molar-refractivity contribution in [1.29, 1.82) is 0 Å². The average molecular weight is 373 g/mol. The van der Waals surface area contributed by atoms with E-state index in [0.717, 1.165) is 37.7 Å². The Morgan fingerprint density at radius 2 is 1.93 bits per heavy atom. The average Bonchev–Trinajstić information content (AvgIpc) is 2.65. The third-order valence-corrected chi connectivity index (χ3v) is 4.99. The lowest BCUT2D eigenvalue weighted by molar-refractivity contribution is -0.137. The summed E-state index contributed by atoms with van der Waals surface area (Å²) < 4.78 is 0. The maximum atomic E-state index is 12.3. The second kappa shape index (κ2) is 11.5. The van der Waals surface area contributed by atoms with Crippen molar-refractivity contribution in [3.05, 3.63) is 48.0 Å². The fourth-order valence-electron chi connectivity index (χ4n) is 3.53. The van der Waals surface area contributed by atoms with Gasteiger partial charge in [-0.3, -0.25) is 9.59 Å². The predicted octanol–water partition coefficient (Wildman–Crippen LogP) is 3.56. The largest absolute Gasteiger partial charge is 0.481 e. The van der Waals surface area contributed by atoms with Crippen LogP contribution in [0.2, 0.25) is 0 Å². The maximum absolute atomic E-state index is 12.3. The molecule has 0 aliphatic carbocycles. The monoisotopic (exact) mass is 373 g/mol. The molecule has 2 atom stereocenters. The van der Waals surface area contributed by atoms with Crippen molar-refractivity contribution in [3.8, 4) is 0 Å². The molecule has 5 heteroatoms. The molecule has 1 aliphatic rings. The Balaban J connectivity index is 1.79. The molecule has 1 aromatic rings. The number of benzene rings is 1. The van der Waals surface area contributed by atoms with Gasteiger partial charge in [0, 0.05) is 25.8 Å². The molecule has 5 nitrogen and oxygen atoms in total. The molecule has 1 amide bonds. The quantitative estimate of drug-likeness (QED) is 0.459. The van der Waals surface area contributed by atoms with E-state index in [0.29, 0.717) is 25.8 Å². The van der Waals surface area contributed by atoms with Crippen LogP contribution in [-0.2, 0) is 16.0 Å². The van der Waals surface area contributed by atoms with Crippen molar-refractivity contribution in [2.75, 3.05) is 6.54 Å². The lowest BCUT2D eigenvalue weighted by Crippen LogP contribution is -2.43. The van der Waals surface area contributed by atoms with Gasteiger partial charge in [-0.2, -0.15) is 0 Å². The Morgan fingerprint density at radius 1 is 1.19 bits per heavy atom. The molecule has 2 N–H and O–H groups in total. The highest BCUT2D eigenvalue weighted by atomic mass is 16.4. The number of unbranched alkanes of at least 4 members (excludes halogenated alkanes) is 3. The summed E-state index contributed by atoms with van der Waals surface area (Å²) in [5.41, 5.74) is 1.09. The summed E-state index contributed by atoms with van der Waals surface area (Å²) in [7, 11) is 0. The van der Waals surface area contributed by atoms with E-state index in [1.54, 1.807) is 0 Å². The van der Waals surface area contributed by atoms with E-state index in [-0.39, 0.29) is 18.4 Å². The number of aliphatic carboxylic acids is 1. The van der Waals surface area contributed by atoms with Gasteiger partial charge >= 0.3 is 5.97 Å². The minimum atomic E-state index is -0.750. The minimum Gasteiger partial charge on any atom is -0.481 e. The van der Waals surface area contributed by atoms with E-state index >= 15 is 0 Å². The van der Waals surface area contributed by atoms with Gasteiger partial charge in [0.15, 0.2) is 0 Å². The van der Waals surface area contributed by atoms with Crippen molar-refractivity contribution < 1.29 is 19.8 Å². The number of carbonyl (C=O) groups excluding carboxylic acids is 1. The highest BCUT2D eigenvalue weighted by molar-refractivity contribution is 5.77. The Kier molecular flexibility index (Phi) is 9.05. The summed E-state index contributed by atoms with van der Waals surface area (Å²) in [4.78, 5) is 24.8. The molecule has 0 bridgehead atoms. The van der Waals surface area contributed by atoms with Gasteiger partial charge in [-0.1, -0.05) is 55.3 Å². The molecule has 0 unspecified atom stereocenters. The van der Waals surface area contributed by atoms with Gasteiger partial charge in [0.25, 0.3) is 0 Å². The van der Waals surface area contributed by atoms with Gasteiger partial charge in [0.2, 0.25) is 5.91 Å². The first-order valence-electron chi connectivity index (χ1n) is 9.98. The van der Waals surface area contributed by atoms with Gasteiger partial charge in [0.1, 0.15) is 0 Å². The van der Waals surface area contributed by atoms with Crippen LogP contribution < -0.4 is 0 Å². The number of aliphatic hydroxyl groups excluding tert-OH is 1. The van der Waals surface area contributed by atoms with Crippen LogP contribution in [0.1, 0.15) is 56.9 Å². The molecule has 1 aliphatic heterocycles. The van der Waals surface area contributed by atoms with Gasteiger partial charge < -0.3 is 15.1 Å². The van der Waals surface area contributed by atoms with Crippen molar-refractivity contribution in [1.82, 2.24) is 4.90 Å². The maximum Gasteiger partial charge on any atom is 0.303 e. The lowest BCUT2D eigenvalue weighted by Gasteiger charge is -2.34. The molecule has 0 saturated carbocycles. The summed E-state index contributed by atoms with van der Waals surface area (Å²) in [6, 6.07) is 9.93. The third-order valence-electron chi connectivity index (χ3n) is 4.99. The Hall–Kier alpha value is -2.14. The van der Waals surface area contributed by atoms with Crippen LogP contribution in [0.15, 0.2) is 42.5 Å². The first-order chi connectivity index (χ1) is 13.1. The first kappa shape index (κ1) is 21.2. The number of carboxylic acid groups (broad SMARTS) is 1. The van der Waals surface area contributed by atoms with Crippen LogP contribution in [0.5, 0.6) is 0 Å². The normalized spacial score (nSPS) is 18.8. The molecular weight excluding hydrogens is 342 g/mol. The molecule has 1 heterocycles. The highest BCUT2D eigenvalue weighted by Gasteiger charge is 2.25. The number of rotatable bonds is 11. The number of piperidine rings is 1. The van der Waals surface area contributed by atoms with E-state index in [2.05, 4.69) is 0 Å². The number of nitrogens with zero attached hydrogens (tertiary/aromatic N) is 1. The summed E-state index contributed by atoms with van der Waals surface area (Å²) in [5.74, 6) is -0.570. The fourth-order valence-corrected chi connectivity index (χ4v) is 3.53. The highest BCUT2D eigenvalue weighted by Crippen LogP contribution is 2.21. The van der Waals surface area contributed by atoms with Crippen molar-refractivity contribution in [3.63, 3.8) is 0 Å². The summed E-state index contributed by atoms with van der Waals surface area (Å²) in [5, 5.41) is 18.9. The topological polar surface area (TPSA) is 77.8 Å². The van der Waals surface area contributed by atoms with Crippen LogP contribution in [0.4, 0.5) is 0 Å². The number of carboxylic acids is 1. The molecule has 0 radical (unpaired) electrons. The molecule has 0 spiro atoms.